The zero-order chi connectivity index (χ0) is 19.1. The molecule has 28 heavy (non-hydrogen) atoms. The van der Waals surface area contributed by atoms with Gasteiger partial charge < -0.3 is 14.7 Å². The van der Waals surface area contributed by atoms with Crippen LogP contribution in [-0.4, -0.2) is 42.4 Å². The number of pyridine rings is 1. The van der Waals surface area contributed by atoms with Gasteiger partial charge in [0, 0.05) is 38.8 Å². The molecule has 1 aliphatic rings. The molecule has 2 aromatic heterocycles. The van der Waals surface area contributed by atoms with Gasteiger partial charge in [-0.15, -0.1) is 11.3 Å². The van der Waals surface area contributed by atoms with Crippen LogP contribution >= 0.6 is 11.3 Å². The molecule has 1 aliphatic heterocycles. The molecule has 4 aromatic rings. The highest BCUT2D eigenvalue weighted by Gasteiger charge is 2.21. The summed E-state index contributed by atoms with van der Waals surface area (Å²) in [6.45, 7) is 2.45. The van der Waals surface area contributed by atoms with Crippen molar-refractivity contribution in [2.75, 3.05) is 31.2 Å². The van der Waals surface area contributed by atoms with E-state index in [9.17, 15) is 9.90 Å². The van der Waals surface area contributed by atoms with Gasteiger partial charge in [-0.25, -0.2) is 9.78 Å². The van der Waals surface area contributed by atoms with Gasteiger partial charge in [-0.1, -0.05) is 36.4 Å². The fourth-order valence-corrected chi connectivity index (χ4v) is 4.96. The molecule has 2 aromatic carbocycles. The topological polar surface area (TPSA) is 62.7 Å². The molecule has 0 atom stereocenters. The van der Waals surface area contributed by atoms with Gasteiger partial charge in [0.2, 0.25) is 0 Å². The molecule has 0 aliphatic carbocycles. The van der Waals surface area contributed by atoms with Crippen molar-refractivity contribution in [1.29, 1.82) is 0 Å². The Bertz CT molecular complexity index is 1200. The van der Waals surface area contributed by atoms with Crippen LogP contribution in [0.4, 0.5) is 5.82 Å². The number of carbonyl (C=O) groups is 1. The van der Waals surface area contributed by atoms with Gasteiger partial charge in [0.1, 0.15) is 11.4 Å². The van der Waals surface area contributed by atoms with Gasteiger partial charge in [-0.2, -0.15) is 0 Å². The predicted octanol–water partition coefficient (Wildman–Crippen LogP) is 4.65. The van der Waals surface area contributed by atoms with Gasteiger partial charge in [0.15, 0.2) is 0 Å². The summed E-state index contributed by atoms with van der Waals surface area (Å²) in [4.78, 5) is 18.6. The molecule has 0 amide bonds. The van der Waals surface area contributed by atoms with E-state index in [0.29, 0.717) is 32.1 Å². The van der Waals surface area contributed by atoms with Gasteiger partial charge in [0.05, 0.1) is 18.9 Å². The molecule has 0 bridgehead atoms. The summed E-state index contributed by atoms with van der Waals surface area (Å²) >= 11 is 1.75. The van der Waals surface area contributed by atoms with Crippen LogP contribution in [0.5, 0.6) is 0 Å². The number of nitrogens with zero attached hydrogens (tertiary/aromatic N) is 2. The van der Waals surface area contributed by atoms with Gasteiger partial charge in [0.25, 0.3) is 0 Å². The van der Waals surface area contributed by atoms with Crippen LogP contribution in [0.3, 0.4) is 0 Å². The Kier molecular flexibility index (Phi) is 4.22. The van der Waals surface area contributed by atoms with E-state index in [2.05, 4.69) is 30.3 Å². The van der Waals surface area contributed by atoms with Crippen molar-refractivity contribution in [3.05, 3.63) is 60.2 Å². The molecule has 0 spiro atoms. The zero-order valence-electron chi connectivity index (χ0n) is 15.1. The monoisotopic (exact) mass is 390 g/mol. The molecule has 6 heteroatoms. The van der Waals surface area contributed by atoms with E-state index in [-0.39, 0.29) is 5.56 Å². The van der Waals surface area contributed by atoms with Crippen LogP contribution in [0.25, 0.3) is 31.4 Å². The third-order valence-corrected chi connectivity index (χ3v) is 6.32. The lowest BCUT2D eigenvalue weighted by Gasteiger charge is -2.29. The number of ether oxygens (including phenoxy) is 1. The summed E-state index contributed by atoms with van der Waals surface area (Å²) in [7, 11) is 0. The van der Waals surface area contributed by atoms with E-state index in [1.54, 1.807) is 17.4 Å². The second-order valence-electron chi connectivity index (χ2n) is 6.75. The summed E-state index contributed by atoms with van der Waals surface area (Å²) in [6.07, 6.45) is 0. The third-order valence-electron chi connectivity index (χ3n) is 5.10. The Labute approximate surface area is 165 Å². The Morgan fingerprint density at radius 2 is 1.79 bits per heavy atom. The fourth-order valence-electron chi connectivity index (χ4n) is 3.73. The standard InChI is InChI=1S/C22H18N2O3S/c25-22(26)17-8-9-18(23-21(17)24-10-12-27-13-11-24)16-6-3-5-15-14-4-1-2-7-19(14)28-20(15)16/h1-9H,10-13H2,(H,25,26). The minimum Gasteiger partial charge on any atom is -0.478 e. The van der Waals surface area contributed by atoms with E-state index in [1.165, 1.54) is 20.2 Å². The van der Waals surface area contributed by atoms with E-state index >= 15 is 0 Å². The predicted molar refractivity (Wildman–Crippen MR) is 113 cm³/mol. The number of carboxylic acid groups (broad SMARTS) is 1. The molecule has 140 valence electrons. The van der Waals surface area contributed by atoms with Crippen LogP contribution in [0.15, 0.2) is 54.6 Å². The molecule has 3 heterocycles. The van der Waals surface area contributed by atoms with E-state index in [0.717, 1.165) is 11.3 Å². The first-order valence-electron chi connectivity index (χ1n) is 9.20. The number of hydrogen-bond acceptors (Lipinski definition) is 5. The second-order valence-corrected chi connectivity index (χ2v) is 7.80. The summed E-state index contributed by atoms with van der Waals surface area (Å²) < 4.78 is 7.82. The Balaban J connectivity index is 1.70. The van der Waals surface area contributed by atoms with Crippen molar-refractivity contribution in [2.24, 2.45) is 0 Å². The molecule has 1 saturated heterocycles. The van der Waals surface area contributed by atoms with Crippen molar-refractivity contribution in [3.8, 4) is 11.3 Å². The first-order chi connectivity index (χ1) is 13.7. The SMILES string of the molecule is O=C(O)c1ccc(-c2cccc3c2sc2ccccc23)nc1N1CCOCC1. The summed E-state index contributed by atoms with van der Waals surface area (Å²) in [5, 5.41) is 12.1. The van der Waals surface area contributed by atoms with Crippen LogP contribution in [0.2, 0.25) is 0 Å². The minimum absolute atomic E-state index is 0.231. The summed E-state index contributed by atoms with van der Waals surface area (Å²) in [5.74, 6) is -0.438. The second kappa shape index (κ2) is 6.89. The highest BCUT2D eigenvalue weighted by atomic mass is 32.1. The highest BCUT2D eigenvalue weighted by molar-refractivity contribution is 7.26. The molecule has 5 rings (SSSR count). The molecule has 0 saturated carbocycles. The number of thiophene rings is 1. The number of benzene rings is 2. The number of hydrogen-bond donors (Lipinski definition) is 1. The van der Waals surface area contributed by atoms with E-state index in [1.807, 2.05) is 23.1 Å². The molecule has 0 radical (unpaired) electrons. The number of rotatable bonds is 3. The number of aromatic nitrogens is 1. The minimum atomic E-state index is -0.958. The van der Waals surface area contributed by atoms with Crippen LogP contribution in [0.1, 0.15) is 10.4 Å². The first kappa shape index (κ1) is 17.2. The van der Waals surface area contributed by atoms with Crippen LogP contribution in [0, 0.1) is 0 Å². The highest BCUT2D eigenvalue weighted by Crippen LogP contribution is 2.39. The molecule has 1 N–H and O–H groups in total. The average Bonchev–Trinajstić information content (AvgIpc) is 3.13. The fraction of sp³-hybridized carbons (Fsp3) is 0.182. The maximum absolute atomic E-state index is 11.7. The van der Waals surface area contributed by atoms with E-state index < -0.39 is 5.97 Å². The molecular formula is C22H18N2O3S. The van der Waals surface area contributed by atoms with Gasteiger partial charge >= 0.3 is 5.97 Å². The smallest absolute Gasteiger partial charge is 0.339 e. The molecule has 1 fully saturated rings. The lowest BCUT2D eigenvalue weighted by Crippen LogP contribution is -2.37. The number of fused-ring (bicyclic) bond motifs is 3. The lowest BCUT2D eigenvalue weighted by molar-refractivity contribution is 0.0696. The Morgan fingerprint density at radius 1 is 1.00 bits per heavy atom. The largest absolute Gasteiger partial charge is 0.478 e. The number of aromatic carboxylic acids is 1. The average molecular weight is 390 g/mol. The number of carboxylic acids is 1. The zero-order valence-corrected chi connectivity index (χ0v) is 15.9. The summed E-state index contributed by atoms with van der Waals surface area (Å²) in [6, 6.07) is 18.1. The van der Waals surface area contributed by atoms with Gasteiger partial charge in [-0.3, -0.25) is 0 Å². The third kappa shape index (κ3) is 2.82. The summed E-state index contributed by atoms with van der Waals surface area (Å²) in [5.41, 5.74) is 2.06. The first-order valence-corrected chi connectivity index (χ1v) is 10.0. The normalized spacial score (nSPS) is 14.6. The maximum atomic E-state index is 11.7. The number of anilines is 1. The van der Waals surface area contributed by atoms with Crippen molar-refractivity contribution >= 4 is 43.3 Å². The quantitative estimate of drug-likeness (QED) is 0.552. The van der Waals surface area contributed by atoms with Crippen molar-refractivity contribution in [1.82, 2.24) is 4.98 Å². The van der Waals surface area contributed by atoms with Crippen LogP contribution in [-0.2, 0) is 4.74 Å². The van der Waals surface area contributed by atoms with E-state index in [4.69, 9.17) is 9.72 Å². The molecular weight excluding hydrogens is 372 g/mol. The van der Waals surface area contributed by atoms with Crippen molar-refractivity contribution < 1.29 is 14.6 Å². The van der Waals surface area contributed by atoms with Crippen LogP contribution < -0.4 is 4.90 Å². The van der Waals surface area contributed by atoms with Gasteiger partial charge in [-0.05, 0) is 18.2 Å². The van der Waals surface area contributed by atoms with Crippen molar-refractivity contribution in [3.63, 3.8) is 0 Å². The van der Waals surface area contributed by atoms with Crippen molar-refractivity contribution in [2.45, 2.75) is 0 Å². The lowest BCUT2D eigenvalue weighted by atomic mass is 10.1. The number of morpholine rings is 1. The molecule has 0 unspecified atom stereocenters. The Morgan fingerprint density at radius 3 is 2.61 bits per heavy atom. The maximum Gasteiger partial charge on any atom is 0.339 e. The molecule has 5 nitrogen and oxygen atoms in total. The Hall–Kier alpha value is -2.96.